The molecule has 1 aromatic carbocycles. The van der Waals surface area contributed by atoms with Crippen molar-refractivity contribution in [3.8, 4) is 0 Å². The van der Waals surface area contributed by atoms with Gasteiger partial charge in [0.2, 0.25) is 0 Å². The molecule has 126 valence electrons. The van der Waals surface area contributed by atoms with Crippen molar-refractivity contribution in [1.82, 2.24) is 14.4 Å². The third kappa shape index (κ3) is 2.88. The fraction of sp³-hybridized carbons (Fsp3) is 0.0588. The maximum absolute atomic E-state index is 5.90. The van der Waals surface area contributed by atoms with Gasteiger partial charge in [-0.05, 0) is 23.8 Å². The number of benzene rings is 1. The van der Waals surface area contributed by atoms with E-state index in [-0.39, 0.29) is 0 Å². The molecule has 0 radical (unpaired) electrons. The van der Waals surface area contributed by atoms with Crippen molar-refractivity contribution >= 4 is 38.0 Å². The Morgan fingerprint density at radius 3 is 2.96 bits per heavy atom. The van der Waals surface area contributed by atoms with E-state index in [9.17, 15) is 0 Å². The van der Waals surface area contributed by atoms with Gasteiger partial charge in [-0.2, -0.15) is 0 Å². The number of imidazole rings is 1. The SMILES string of the molecule is N/C=C\N(N)c1ccn2c(Cc3ccc4nc(N)sc4c3)cnc2c1. The van der Waals surface area contributed by atoms with Crippen LogP contribution in [0.1, 0.15) is 11.3 Å². The number of pyridine rings is 1. The minimum atomic E-state index is 0.590. The number of thiazole rings is 1. The van der Waals surface area contributed by atoms with E-state index in [0.717, 1.165) is 33.7 Å². The van der Waals surface area contributed by atoms with E-state index >= 15 is 0 Å². The zero-order chi connectivity index (χ0) is 17.4. The van der Waals surface area contributed by atoms with Crippen LogP contribution in [0, 0.1) is 0 Å². The lowest BCUT2D eigenvalue weighted by Crippen LogP contribution is -2.24. The van der Waals surface area contributed by atoms with Crippen LogP contribution in [-0.4, -0.2) is 14.4 Å². The van der Waals surface area contributed by atoms with Crippen molar-refractivity contribution in [1.29, 1.82) is 0 Å². The van der Waals surface area contributed by atoms with Gasteiger partial charge in [-0.1, -0.05) is 17.4 Å². The standard InChI is InChI=1S/C17H17N7S/c18-4-6-24(20)12-3-5-23-13(10-21-16(23)9-12)7-11-1-2-14-15(8-11)25-17(19)22-14/h1-6,8-10H,7,18,20H2,(H2,19,22)/b6-4-. The smallest absolute Gasteiger partial charge is 0.181 e. The van der Waals surface area contributed by atoms with Crippen LogP contribution in [0.15, 0.2) is 55.1 Å². The van der Waals surface area contributed by atoms with E-state index in [4.69, 9.17) is 17.3 Å². The van der Waals surface area contributed by atoms with Gasteiger partial charge in [-0.3, -0.25) is 5.01 Å². The maximum Gasteiger partial charge on any atom is 0.181 e. The fourth-order valence-corrected chi connectivity index (χ4v) is 3.60. The molecule has 25 heavy (non-hydrogen) atoms. The van der Waals surface area contributed by atoms with E-state index in [1.54, 1.807) is 6.20 Å². The van der Waals surface area contributed by atoms with Gasteiger partial charge >= 0.3 is 0 Å². The summed E-state index contributed by atoms with van der Waals surface area (Å²) in [6, 6.07) is 10.0. The topological polar surface area (TPSA) is 111 Å². The highest BCUT2D eigenvalue weighted by molar-refractivity contribution is 7.22. The Morgan fingerprint density at radius 1 is 1.24 bits per heavy atom. The van der Waals surface area contributed by atoms with E-state index in [1.807, 2.05) is 30.6 Å². The number of hydrogen-bond donors (Lipinski definition) is 3. The lowest BCUT2D eigenvalue weighted by atomic mass is 10.1. The van der Waals surface area contributed by atoms with Gasteiger partial charge in [0.15, 0.2) is 5.13 Å². The number of rotatable bonds is 4. The van der Waals surface area contributed by atoms with Crippen LogP contribution in [0.2, 0.25) is 0 Å². The van der Waals surface area contributed by atoms with E-state index in [2.05, 4.69) is 26.5 Å². The summed E-state index contributed by atoms with van der Waals surface area (Å²) in [4.78, 5) is 8.77. The van der Waals surface area contributed by atoms with Gasteiger partial charge in [0.25, 0.3) is 0 Å². The molecule has 0 atom stereocenters. The average molecular weight is 351 g/mol. The summed E-state index contributed by atoms with van der Waals surface area (Å²) in [5, 5.41) is 2.04. The van der Waals surface area contributed by atoms with Crippen molar-refractivity contribution in [2.45, 2.75) is 6.42 Å². The minimum absolute atomic E-state index is 0.590. The van der Waals surface area contributed by atoms with Crippen molar-refractivity contribution in [2.24, 2.45) is 11.6 Å². The largest absolute Gasteiger partial charge is 0.403 e. The van der Waals surface area contributed by atoms with Crippen LogP contribution in [0.25, 0.3) is 15.9 Å². The number of nitrogen functional groups attached to an aromatic ring is 1. The van der Waals surface area contributed by atoms with Gasteiger partial charge in [0, 0.05) is 43.0 Å². The molecule has 4 aromatic rings. The molecule has 0 fully saturated rings. The minimum Gasteiger partial charge on any atom is -0.403 e. The predicted molar refractivity (Wildman–Crippen MR) is 102 cm³/mol. The molecule has 0 saturated heterocycles. The summed E-state index contributed by atoms with van der Waals surface area (Å²) in [7, 11) is 0. The third-order valence-electron chi connectivity index (χ3n) is 3.97. The van der Waals surface area contributed by atoms with Crippen LogP contribution in [0.3, 0.4) is 0 Å². The Balaban J connectivity index is 1.66. The maximum atomic E-state index is 5.90. The van der Waals surface area contributed by atoms with E-state index in [1.165, 1.54) is 28.1 Å². The summed E-state index contributed by atoms with van der Waals surface area (Å²) in [6.45, 7) is 0. The van der Waals surface area contributed by atoms with Crippen LogP contribution in [0.4, 0.5) is 10.8 Å². The first-order valence-electron chi connectivity index (χ1n) is 7.67. The molecule has 0 aliphatic rings. The molecule has 0 saturated carbocycles. The predicted octanol–water partition coefficient (Wildman–Crippen LogP) is 2.23. The van der Waals surface area contributed by atoms with Crippen LogP contribution >= 0.6 is 11.3 Å². The van der Waals surface area contributed by atoms with Crippen LogP contribution < -0.4 is 22.3 Å². The number of aromatic nitrogens is 3. The Kier molecular flexibility index (Phi) is 3.75. The second kappa shape index (κ2) is 6.08. The monoisotopic (exact) mass is 351 g/mol. The number of nitrogens with two attached hydrogens (primary N) is 3. The quantitative estimate of drug-likeness (QED) is 0.384. The molecular formula is C17H17N7S. The summed E-state index contributed by atoms with van der Waals surface area (Å²) >= 11 is 1.50. The first-order chi connectivity index (χ1) is 12.1. The zero-order valence-electron chi connectivity index (χ0n) is 13.3. The van der Waals surface area contributed by atoms with Gasteiger partial charge in [-0.25, -0.2) is 15.8 Å². The first kappa shape index (κ1) is 15.4. The molecule has 0 aliphatic heterocycles. The lowest BCUT2D eigenvalue weighted by molar-refractivity contribution is 1.01. The highest BCUT2D eigenvalue weighted by Gasteiger charge is 2.08. The summed E-state index contributed by atoms with van der Waals surface area (Å²) in [5.41, 5.74) is 16.0. The number of fused-ring (bicyclic) bond motifs is 2. The summed E-state index contributed by atoms with van der Waals surface area (Å²) in [5.74, 6) is 5.90. The zero-order valence-corrected chi connectivity index (χ0v) is 14.1. The number of anilines is 2. The molecule has 3 aromatic heterocycles. The van der Waals surface area contributed by atoms with Gasteiger partial charge in [-0.15, -0.1) is 0 Å². The summed E-state index contributed by atoms with van der Waals surface area (Å²) < 4.78 is 3.15. The van der Waals surface area contributed by atoms with E-state index in [0.29, 0.717) is 5.13 Å². The van der Waals surface area contributed by atoms with Crippen molar-refractivity contribution < 1.29 is 0 Å². The molecule has 3 heterocycles. The molecule has 4 rings (SSSR count). The average Bonchev–Trinajstić information content (AvgIpc) is 3.17. The van der Waals surface area contributed by atoms with Crippen molar-refractivity contribution in [2.75, 3.05) is 10.7 Å². The molecule has 0 spiro atoms. The molecule has 0 bridgehead atoms. The van der Waals surface area contributed by atoms with Gasteiger partial charge in [0.05, 0.1) is 15.9 Å². The number of hydrogen-bond acceptors (Lipinski definition) is 7. The second-order valence-corrected chi connectivity index (χ2v) is 6.70. The number of nitrogens with zero attached hydrogens (tertiary/aromatic N) is 4. The first-order valence-corrected chi connectivity index (χ1v) is 8.49. The van der Waals surface area contributed by atoms with Crippen molar-refractivity contribution in [3.63, 3.8) is 0 Å². The Labute approximate surface area is 148 Å². The lowest BCUT2D eigenvalue weighted by Gasteiger charge is -2.13. The normalized spacial score (nSPS) is 11.7. The molecular weight excluding hydrogens is 334 g/mol. The molecule has 0 unspecified atom stereocenters. The Bertz CT molecular complexity index is 1080. The number of hydrazine groups is 1. The highest BCUT2D eigenvalue weighted by atomic mass is 32.1. The van der Waals surface area contributed by atoms with E-state index < -0.39 is 0 Å². The fourth-order valence-electron chi connectivity index (χ4n) is 2.80. The highest BCUT2D eigenvalue weighted by Crippen LogP contribution is 2.26. The molecule has 8 heteroatoms. The molecule has 0 amide bonds. The third-order valence-corrected chi connectivity index (χ3v) is 4.82. The van der Waals surface area contributed by atoms with Crippen molar-refractivity contribution in [3.05, 3.63) is 66.4 Å². The Hall–Kier alpha value is -3.10. The van der Waals surface area contributed by atoms with Crippen LogP contribution in [-0.2, 0) is 6.42 Å². The van der Waals surface area contributed by atoms with Crippen LogP contribution in [0.5, 0.6) is 0 Å². The molecule has 0 aliphatic carbocycles. The molecule has 7 nitrogen and oxygen atoms in total. The molecule has 6 N–H and O–H groups in total. The van der Waals surface area contributed by atoms with Gasteiger partial charge in [0.1, 0.15) is 5.65 Å². The van der Waals surface area contributed by atoms with Gasteiger partial charge < -0.3 is 15.9 Å². The Morgan fingerprint density at radius 2 is 2.12 bits per heavy atom. The second-order valence-electron chi connectivity index (χ2n) is 5.64. The summed E-state index contributed by atoms with van der Waals surface area (Å²) in [6.07, 6.45) is 7.59.